The summed E-state index contributed by atoms with van der Waals surface area (Å²) >= 11 is 3.72. The van der Waals surface area contributed by atoms with Crippen molar-refractivity contribution in [2.24, 2.45) is 5.92 Å². The number of halogens is 1. The molecule has 0 amide bonds. The van der Waals surface area contributed by atoms with Crippen molar-refractivity contribution in [1.82, 2.24) is 10.2 Å². The fourth-order valence-corrected chi connectivity index (χ4v) is 4.00. The summed E-state index contributed by atoms with van der Waals surface area (Å²) in [6.07, 6.45) is 5.46. The van der Waals surface area contributed by atoms with Crippen LogP contribution in [0.2, 0.25) is 0 Å². The summed E-state index contributed by atoms with van der Waals surface area (Å²) in [7, 11) is 0. The third-order valence-corrected chi connectivity index (χ3v) is 5.52. The van der Waals surface area contributed by atoms with E-state index in [2.05, 4.69) is 57.3 Å². The Bertz CT molecular complexity index is 438. The predicted octanol–water partition coefficient (Wildman–Crippen LogP) is 3.97. The topological polar surface area (TPSA) is 15.3 Å². The van der Waals surface area contributed by atoms with E-state index in [9.17, 15) is 0 Å². The van der Waals surface area contributed by atoms with Crippen LogP contribution in [0, 0.1) is 5.92 Å². The highest BCUT2D eigenvalue weighted by Gasteiger charge is 2.34. The normalized spacial score (nSPS) is 22.1. The summed E-state index contributed by atoms with van der Waals surface area (Å²) in [5.41, 5.74) is 1.44. The molecule has 2 aliphatic rings. The first kappa shape index (κ1) is 14.6. The third kappa shape index (κ3) is 3.44. The summed E-state index contributed by atoms with van der Waals surface area (Å²) in [6.45, 7) is 6.05. The lowest BCUT2D eigenvalue weighted by Gasteiger charge is -2.35. The molecule has 1 aliphatic carbocycles. The number of rotatable bonds is 5. The van der Waals surface area contributed by atoms with E-state index in [0.29, 0.717) is 6.04 Å². The first-order chi connectivity index (χ1) is 9.75. The average Bonchev–Trinajstić information content (AvgIpc) is 3.30. The second-order valence-electron chi connectivity index (χ2n) is 6.32. The zero-order valence-electron chi connectivity index (χ0n) is 12.3. The van der Waals surface area contributed by atoms with Crippen LogP contribution in [0.4, 0.5) is 0 Å². The molecule has 20 heavy (non-hydrogen) atoms. The van der Waals surface area contributed by atoms with Crippen LogP contribution < -0.4 is 5.32 Å². The molecule has 0 bridgehead atoms. The Morgan fingerprint density at radius 1 is 1.20 bits per heavy atom. The Hall–Kier alpha value is -0.380. The number of piperidine rings is 1. The predicted molar refractivity (Wildman–Crippen MR) is 87.9 cm³/mol. The van der Waals surface area contributed by atoms with Crippen LogP contribution in [0.5, 0.6) is 0 Å². The monoisotopic (exact) mass is 336 g/mol. The average molecular weight is 337 g/mol. The van der Waals surface area contributed by atoms with Crippen molar-refractivity contribution < 1.29 is 0 Å². The zero-order valence-corrected chi connectivity index (χ0v) is 13.9. The van der Waals surface area contributed by atoms with Gasteiger partial charge >= 0.3 is 0 Å². The van der Waals surface area contributed by atoms with Crippen molar-refractivity contribution in [1.29, 1.82) is 0 Å². The Morgan fingerprint density at radius 2 is 1.90 bits per heavy atom. The molecular formula is C17H25BrN2. The summed E-state index contributed by atoms with van der Waals surface area (Å²) in [6, 6.07) is 10.1. The lowest BCUT2D eigenvalue weighted by Crippen LogP contribution is -2.38. The van der Waals surface area contributed by atoms with Gasteiger partial charge in [0.2, 0.25) is 0 Å². The zero-order chi connectivity index (χ0) is 13.9. The summed E-state index contributed by atoms with van der Waals surface area (Å²) < 4.78 is 1.25. The van der Waals surface area contributed by atoms with Gasteiger partial charge in [-0.25, -0.2) is 0 Å². The molecule has 110 valence electrons. The number of nitrogens with zero attached hydrogens (tertiary/aromatic N) is 1. The number of hydrogen-bond acceptors (Lipinski definition) is 2. The van der Waals surface area contributed by atoms with Gasteiger partial charge in [0, 0.05) is 23.1 Å². The molecule has 0 radical (unpaired) electrons. The van der Waals surface area contributed by atoms with E-state index in [4.69, 9.17) is 0 Å². The van der Waals surface area contributed by atoms with Crippen molar-refractivity contribution in [3.63, 3.8) is 0 Å². The molecule has 1 saturated carbocycles. The van der Waals surface area contributed by atoms with E-state index in [0.717, 1.165) is 12.0 Å². The minimum Gasteiger partial charge on any atom is -0.317 e. The molecule has 1 heterocycles. The quantitative estimate of drug-likeness (QED) is 0.874. The molecule has 1 N–H and O–H groups in total. The second kappa shape index (κ2) is 6.59. The van der Waals surface area contributed by atoms with Crippen molar-refractivity contribution in [3.05, 3.63) is 34.3 Å². The van der Waals surface area contributed by atoms with E-state index < -0.39 is 0 Å². The lowest BCUT2D eigenvalue weighted by molar-refractivity contribution is 0.151. The number of hydrogen-bond donors (Lipinski definition) is 1. The van der Waals surface area contributed by atoms with Gasteiger partial charge in [0.15, 0.2) is 0 Å². The van der Waals surface area contributed by atoms with E-state index in [-0.39, 0.29) is 0 Å². The second-order valence-corrected chi connectivity index (χ2v) is 7.17. The Morgan fingerprint density at radius 3 is 2.55 bits per heavy atom. The summed E-state index contributed by atoms with van der Waals surface area (Å²) in [5, 5.41) is 3.48. The van der Waals surface area contributed by atoms with Gasteiger partial charge in [-0.15, -0.1) is 0 Å². The van der Waals surface area contributed by atoms with Gasteiger partial charge in [0.05, 0.1) is 0 Å². The van der Waals surface area contributed by atoms with E-state index in [1.165, 1.54) is 55.4 Å². The first-order valence-corrected chi connectivity index (χ1v) is 8.76. The standard InChI is InChI=1S/C17H25BrN2/c1-13(16-4-2-3-5-17(16)18)20(15-6-7-15)12-14-8-10-19-11-9-14/h2-5,13-15,19H,6-12H2,1H3. The molecule has 1 saturated heterocycles. The third-order valence-electron chi connectivity index (χ3n) is 4.80. The summed E-state index contributed by atoms with van der Waals surface area (Å²) in [4.78, 5) is 2.76. The largest absolute Gasteiger partial charge is 0.317 e. The molecule has 1 atom stereocenters. The molecule has 2 fully saturated rings. The Kier molecular flexibility index (Phi) is 4.79. The van der Waals surface area contributed by atoms with Crippen LogP contribution in [0.15, 0.2) is 28.7 Å². The molecule has 0 spiro atoms. The minimum absolute atomic E-state index is 0.521. The van der Waals surface area contributed by atoms with Crippen LogP contribution in [0.3, 0.4) is 0 Å². The van der Waals surface area contributed by atoms with Crippen LogP contribution in [-0.4, -0.2) is 30.6 Å². The van der Waals surface area contributed by atoms with E-state index in [1.54, 1.807) is 0 Å². The smallest absolute Gasteiger partial charge is 0.0334 e. The van der Waals surface area contributed by atoms with Crippen LogP contribution in [0.1, 0.15) is 44.2 Å². The van der Waals surface area contributed by atoms with E-state index in [1.807, 2.05) is 0 Å². The van der Waals surface area contributed by atoms with Crippen LogP contribution in [-0.2, 0) is 0 Å². The Balaban J connectivity index is 1.71. The van der Waals surface area contributed by atoms with Gasteiger partial charge in [-0.3, -0.25) is 4.90 Å². The molecule has 1 aliphatic heterocycles. The molecule has 0 aromatic heterocycles. The first-order valence-electron chi connectivity index (χ1n) is 7.96. The van der Waals surface area contributed by atoms with Gasteiger partial charge in [-0.1, -0.05) is 34.1 Å². The number of nitrogens with one attached hydrogen (secondary N) is 1. The maximum atomic E-state index is 3.72. The summed E-state index contributed by atoms with van der Waals surface area (Å²) in [5.74, 6) is 0.877. The maximum absolute atomic E-state index is 3.72. The Labute approximate surface area is 131 Å². The highest BCUT2D eigenvalue weighted by Crippen LogP contribution is 2.37. The van der Waals surface area contributed by atoms with E-state index >= 15 is 0 Å². The molecule has 1 aromatic rings. The highest BCUT2D eigenvalue weighted by molar-refractivity contribution is 9.10. The highest BCUT2D eigenvalue weighted by atomic mass is 79.9. The van der Waals surface area contributed by atoms with Crippen LogP contribution in [0.25, 0.3) is 0 Å². The van der Waals surface area contributed by atoms with Gasteiger partial charge in [0.1, 0.15) is 0 Å². The van der Waals surface area contributed by atoms with Gasteiger partial charge in [0.25, 0.3) is 0 Å². The van der Waals surface area contributed by atoms with Crippen molar-refractivity contribution >= 4 is 15.9 Å². The fraction of sp³-hybridized carbons (Fsp3) is 0.647. The van der Waals surface area contributed by atoms with Gasteiger partial charge in [-0.05, 0) is 63.2 Å². The molecule has 3 rings (SSSR count). The van der Waals surface area contributed by atoms with Crippen LogP contribution >= 0.6 is 15.9 Å². The van der Waals surface area contributed by atoms with Gasteiger partial charge in [-0.2, -0.15) is 0 Å². The van der Waals surface area contributed by atoms with Crippen molar-refractivity contribution in [2.45, 2.75) is 44.7 Å². The maximum Gasteiger partial charge on any atom is 0.0334 e. The number of benzene rings is 1. The molecular weight excluding hydrogens is 312 g/mol. The lowest BCUT2D eigenvalue weighted by atomic mass is 9.96. The van der Waals surface area contributed by atoms with Crippen molar-refractivity contribution in [2.75, 3.05) is 19.6 Å². The minimum atomic E-state index is 0.521. The fourth-order valence-electron chi connectivity index (χ4n) is 3.38. The molecule has 3 heteroatoms. The SMILES string of the molecule is CC(c1ccccc1Br)N(CC1CCNCC1)C1CC1. The molecule has 2 nitrogen and oxygen atoms in total. The van der Waals surface area contributed by atoms with Crippen molar-refractivity contribution in [3.8, 4) is 0 Å². The van der Waals surface area contributed by atoms with Gasteiger partial charge < -0.3 is 5.32 Å². The molecule has 1 aromatic carbocycles. The molecule has 1 unspecified atom stereocenters.